The average molecular weight is 445 g/mol. The molecular weight excluding hydrogens is 416 g/mol. The number of benzene rings is 2. The van der Waals surface area contributed by atoms with Gasteiger partial charge in [0.2, 0.25) is 0 Å². The summed E-state index contributed by atoms with van der Waals surface area (Å²) in [5.41, 5.74) is 15.4. The highest BCUT2D eigenvalue weighted by molar-refractivity contribution is 6.49. The molecule has 0 saturated heterocycles. The first-order valence-electron chi connectivity index (χ1n) is 10.3. The van der Waals surface area contributed by atoms with Crippen molar-refractivity contribution in [2.45, 2.75) is 19.4 Å². The van der Waals surface area contributed by atoms with Crippen molar-refractivity contribution in [3.05, 3.63) is 84.0 Å². The van der Waals surface area contributed by atoms with E-state index in [1.165, 1.54) is 12.5 Å². The lowest BCUT2D eigenvalue weighted by Crippen LogP contribution is -2.33. The van der Waals surface area contributed by atoms with Crippen molar-refractivity contribution in [3.63, 3.8) is 0 Å². The predicted molar refractivity (Wildman–Crippen MR) is 136 cm³/mol. The van der Waals surface area contributed by atoms with E-state index in [2.05, 4.69) is 37.5 Å². The summed E-state index contributed by atoms with van der Waals surface area (Å²) in [6.07, 6.45) is 2.79. The van der Waals surface area contributed by atoms with Gasteiger partial charge in [-0.3, -0.25) is 9.79 Å². The minimum Gasteiger partial charge on any atom is -0.383 e. The summed E-state index contributed by atoms with van der Waals surface area (Å²) in [5, 5.41) is 8.96. The molecule has 0 bridgehead atoms. The Bertz CT molecular complexity index is 1180. The van der Waals surface area contributed by atoms with Crippen LogP contribution in [0.2, 0.25) is 0 Å². The molecule has 0 atom stereocenters. The Morgan fingerprint density at radius 3 is 2.48 bits per heavy atom. The molecule has 1 aliphatic rings. The molecule has 33 heavy (non-hydrogen) atoms. The molecule has 0 saturated carbocycles. The van der Waals surface area contributed by atoms with Crippen LogP contribution in [-0.4, -0.2) is 30.8 Å². The lowest BCUT2D eigenvalue weighted by Gasteiger charge is -2.19. The molecule has 9 nitrogen and oxygen atoms in total. The number of anilines is 2. The van der Waals surface area contributed by atoms with Crippen LogP contribution in [0.4, 0.5) is 11.4 Å². The molecule has 3 rings (SSSR count). The Balaban J connectivity index is 1.80. The summed E-state index contributed by atoms with van der Waals surface area (Å²) in [5.74, 6) is 0.557. The average Bonchev–Trinajstić information content (AvgIpc) is 2.79. The van der Waals surface area contributed by atoms with E-state index in [0.29, 0.717) is 34.2 Å². The zero-order valence-electron chi connectivity index (χ0n) is 18.9. The van der Waals surface area contributed by atoms with Crippen LogP contribution in [0.1, 0.15) is 29.8 Å². The minimum absolute atomic E-state index is 0.239. The Kier molecular flexibility index (Phi) is 7.04. The fourth-order valence-corrected chi connectivity index (χ4v) is 3.13. The van der Waals surface area contributed by atoms with Crippen LogP contribution in [0.3, 0.4) is 0 Å². The van der Waals surface area contributed by atoms with Gasteiger partial charge < -0.3 is 27.4 Å². The van der Waals surface area contributed by atoms with Gasteiger partial charge in [0.25, 0.3) is 5.91 Å². The van der Waals surface area contributed by atoms with Gasteiger partial charge >= 0.3 is 0 Å². The molecule has 1 amide bonds. The van der Waals surface area contributed by atoms with Crippen LogP contribution in [0.25, 0.3) is 0 Å². The van der Waals surface area contributed by atoms with E-state index in [0.717, 1.165) is 5.56 Å². The standard InChI is InChI=1S/C24H28N8O/c1-5-28-20-19(29-14-30-22(20)27-4)21(25)31-17-10-7-11-18(13-17)32-23(33)15-8-6-9-16(12-15)24(2,3)26/h5-14,31H,1,25-26H2,2-4H3,(H,32,33)(H,27,29,30)/b21-19-,28-20+. The van der Waals surface area contributed by atoms with E-state index >= 15 is 0 Å². The number of nitrogens with two attached hydrogens (primary N) is 2. The number of rotatable bonds is 6. The third-order valence-electron chi connectivity index (χ3n) is 4.80. The summed E-state index contributed by atoms with van der Waals surface area (Å²) < 4.78 is 0. The van der Waals surface area contributed by atoms with Gasteiger partial charge in [-0.25, -0.2) is 9.98 Å². The second kappa shape index (κ2) is 9.92. The summed E-state index contributed by atoms with van der Waals surface area (Å²) in [7, 11) is 1.73. The predicted octanol–water partition coefficient (Wildman–Crippen LogP) is 2.92. The normalized spacial score (nSPS) is 16.1. The van der Waals surface area contributed by atoms with Gasteiger partial charge in [-0.15, -0.1) is 0 Å². The fourth-order valence-electron chi connectivity index (χ4n) is 3.13. The Morgan fingerprint density at radius 2 is 1.82 bits per heavy atom. The number of amides is 1. The zero-order valence-corrected chi connectivity index (χ0v) is 18.9. The van der Waals surface area contributed by atoms with E-state index in [4.69, 9.17) is 11.5 Å². The van der Waals surface area contributed by atoms with Gasteiger partial charge in [-0.05, 0) is 49.7 Å². The first kappa shape index (κ1) is 23.4. The molecule has 2 aromatic rings. The van der Waals surface area contributed by atoms with Crippen molar-refractivity contribution in [3.8, 4) is 0 Å². The lowest BCUT2D eigenvalue weighted by atomic mass is 9.94. The third-order valence-corrected chi connectivity index (χ3v) is 4.80. The molecule has 7 N–H and O–H groups in total. The number of nitrogens with zero attached hydrogens (tertiary/aromatic N) is 3. The van der Waals surface area contributed by atoms with Crippen LogP contribution in [0.15, 0.2) is 87.8 Å². The summed E-state index contributed by atoms with van der Waals surface area (Å²) >= 11 is 0. The van der Waals surface area contributed by atoms with E-state index in [1.807, 2.05) is 32.0 Å². The maximum atomic E-state index is 12.8. The second-order valence-electron chi connectivity index (χ2n) is 7.86. The van der Waals surface area contributed by atoms with Crippen molar-refractivity contribution in [1.82, 2.24) is 5.32 Å². The topological polar surface area (TPSA) is 142 Å². The number of hydrogen-bond donors (Lipinski definition) is 5. The van der Waals surface area contributed by atoms with Gasteiger partial charge in [-0.2, -0.15) is 0 Å². The molecule has 1 heterocycles. The van der Waals surface area contributed by atoms with E-state index in [1.54, 1.807) is 37.4 Å². The van der Waals surface area contributed by atoms with Gasteiger partial charge in [0.1, 0.15) is 23.6 Å². The highest BCUT2D eigenvalue weighted by atomic mass is 16.1. The molecule has 9 heteroatoms. The lowest BCUT2D eigenvalue weighted by molar-refractivity contribution is 0.102. The highest BCUT2D eigenvalue weighted by Crippen LogP contribution is 2.21. The minimum atomic E-state index is -0.543. The smallest absolute Gasteiger partial charge is 0.255 e. The summed E-state index contributed by atoms with van der Waals surface area (Å²) in [4.78, 5) is 25.4. The van der Waals surface area contributed by atoms with Crippen LogP contribution in [0.5, 0.6) is 0 Å². The van der Waals surface area contributed by atoms with Crippen molar-refractivity contribution in [1.29, 1.82) is 0 Å². The fraction of sp³-hybridized carbons (Fsp3) is 0.167. The zero-order chi connectivity index (χ0) is 24.0. The van der Waals surface area contributed by atoms with Gasteiger partial charge in [0.15, 0.2) is 5.84 Å². The summed E-state index contributed by atoms with van der Waals surface area (Å²) in [6.45, 7) is 7.42. The Hall–Kier alpha value is -4.24. The molecular formula is C24H28N8O. The molecule has 170 valence electrons. The number of hydrogen-bond acceptors (Lipinski definition) is 8. The highest BCUT2D eigenvalue weighted by Gasteiger charge is 2.19. The Morgan fingerprint density at radius 1 is 1.12 bits per heavy atom. The number of aliphatic imine (C=N–C) groups is 3. The number of amidine groups is 1. The second-order valence-corrected chi connectivity index (χ2v) is 7.86. The first-order valence-corrected chi connectivity index (χ1v) is 10.3. The van der Waals surface area contributed by atoms with Crippen LogP contribution >= 0.6 is 0 Å². The maximum absolute atomic E-state index is 12.8. The first-order chi connectivity index (χ1) is 15.7. The molecule has 0 unspecified atom stereocenters. The number of nitrogens with one attached hydrogen (secondary N) is 3. The third kappa shape index (κ3) is 5.72. The molecule has 0 fully saturated rings. The van der Waals surface area contributed by atoms with Crippen molar-refractivity contribution in [2.75, 3.05) is 17.7 Å². The van der Waals surface area contributed by atoms with Crippen molar-refractivity contribution in [2.24, 2.45) is 26.4 Å². The molecule has 0 radical (unpaired) electrons. The quantitative estimate of drug-likeness (QED) is 0.466. The Labute approximate surface area is 193 Å². The van der Waals surface area contributed by atoms with E-state index in [9.17, 15) is 4.79 Å². The van der Waals surface area contributed by atoms with Gasteiger partial charge in [0.05, 0.1) is 0 Å². The molecule has 1 aliphatic heterocycles. The van der Waals surface area contributed by atoms with Crippen molar-refractivity contribution >= 4 is 35.2 Å². The SMILES string of the molecule is C=C/N=C1/C(NC)=NC=N/C1=C(/N)Nc1cccc(NC(=O)c2cccc(C(C)(C)N)c2)c1. The number of carbonyl (C=O) groups excluding carboxylic acids is 1. The van der Waals surface area contributed by atoms with Crippen LogP contribution in [0, 0.1) is 0 Å². The monoisotopic (exact) mass is 444 g/mol. The van der Waals surface area contributed by atoms with Gasteiger partial charge in [0, 0.05) is 35.7 Å². The maximum Gasteiger partial charge on any atom is 0.255 e. The molecule has 0 aromatic heterocycles. The van der Waals surface area contributed by atoms with Gasteiger partial charge in [-0.1, -0.05) is 24.8 Å². The van der Waals surface area contributed by atoms with E-state index < -0.39 is 5.54 Å². The molecule has 0 spiro atoms. The van der Waals surface area contributed by atoms with Crippen LogP contribution in [-0.2, 0) is 5.54 Å². The summed E-state index contributed by atoms with van der Waals surface area (Å²) in [6, 6.07) is 14.5. The van der Waals surface area contributed by atoms with Crippen molar-refractivity contribution < 1.29 is 4.79 Å². The largest absolute Gasteiger partial charge is 0.383 e. The van der Waals surface area contributed by atoms with Crippen LogP contribution < -0.4 is 27.4 Å². The molecule has 2 aromatic carbocycles. The number of carbonyl (C=O) groups is 1. The van der Waals surface area contributed by atoms with E-state index in [-0.39, 0.29) is 11.7 Å². The molecule has 0 aliphatic carbocycles.